The number of carbonyl (C=O) groups is 1. The monoisotopic (exact) mass is 447 g/mol. The van der Waals surface area contributed by atoms with Crippen molar-refractivity contribution >= 4 is 61.7 Å². The summed E-state index contributed by atoms with van der Waals surface area (Å²) in [7, 11) is 3.19. The van der Waals surface area contributed by atoms with Gasteiger partial charge in [0.1, 0.15) is 10.1 Å². The Morgan fingerprint density at radius 1 is 1.41 bits per heavy atom. The number of nitrogens with zero attached hydrogens (tertiary/aromatic N) is 1. The van der Waals surface area contributed by atoms with Crippen molar-refractivity contribution < 1.29 is 14.3 Å². The van der Waals surface area contributed by atoms with E-state index >= 15 is 0 Å². The molecule has 0 aromatic heterocycles. The van der Waals surface area contributed by atoms with E-state index in [9.17, 15) is 4.79 Å². The Morgan fingerprint density at radius 3 is 2.82 bits per heavy atom. The standard InChI is InChI=1S/C15H14INO3S2/c1-4-5-21-15-17-11(14(18)22-15)7-9-6-10(16)13(20-3)12(8-9)19-2/h4,6-8H,1,5H2,2-3H3/b11-7+. The molecule has 0 amide bonds. The van der Waals surface area contributed by atoms with Crippen LogP contribution >= 0.6 is 46.1 Å². The van der Waals surface area contributed by atoms with Crippen molar-refractivity contribution in [2.45, 2.75) is 0 Å². The van der Waals surface area contributed by atoms with Crippen molar-refractivity contribution in [3.8, 4) is 11.5 Å². The van der Waals surface area contributed by atoms with Crippen LogP contribution in [0.4, 0.5) is 0 Å². The minimum absolute atomic E-state index is 0.0450. The predicted octanol–water partition coefficient (Wildman–Crippen LogP) is 4.20. The maximum absolute atomic E-state index is 12.0. The van der Waals surface area contributed by atoms with Crippen molar-refractivity contribution in [2.75, 3.05) is 20.0 Å². The van der Waals surface area contributed by atoms with Crippen LogP contribution in [0.25, 0.3) is 6.08 Å². The first kappa shape index (κ1) is 17.4. The van der Waals surface area contributed by atoms with E-state index in [0.717, 1.165) is 31.0 Å². The number of benzene rings is 1. The van der Waals surface area contributed by atoms with Gasteiger partial charge in [-0.2, -0.15) is 0 Å². The third-order valence-corrected chi connectivity index (χ3v) is 5.49. The molecule has 0 bridgehead atoms. The average molecular weight is 447 g/mol. The number of carbonyl (C=O) groups excluding carboxylic acids is 1. The fourth-order valence-electron chi connectivity index (χ4n) is 1.76. The number of hydrogen-bond donors (Lipinski definition) is 0. The molecular formula is C15H14INO3S2. The molecule has 0 fully saturated rings. The summed E-state index contributed by atoms with van der Waals surface area (Å²) in [6.45, 7) is 3.66. The van der Waals surface area contributed by atoms with Crippen LogP contribution in [0.2, 0.25) is 0 Å². The molecule has 2 rings (SSSR count). The molecule has 1 aromatic carbocycles. The quantitative estimate of drug-likeness (QED) is 0.385. The summed E-state index contributed by atoms with van der Waals surface area (Å²) in [6.07, 6.45) is 3.55. The lowest BCUT2D eigenvalue weighted by Gasteiger charge is -2.10. The SMILES string of the molecule is C=CCSC1=N/C(=C/c2cc(I)c(OC)c(OC)c2)C(=O)S1. The van der Waals surface area contributed by atoms with E-state index in [0.29, 0.717) is 17.2 Å². The summed E-state index contributed by atoms with van der Waals surface area (Å²) in [5, 5.41) is -0.0450. The summed E-state index contributed by atoms with van der Waals surface area (Å²) >= 11 is 4.83. The molecule has 1 aliphatic heterocycles. The fourth-order valence-corrected chi connectivity index (χ4v) is 4.21. The highest BCUT2D eigenvalue weighted by atomic mass is 127. The first-order valence-electron chi connectivity index (χ1n) is 6.26. The number of hydrogen-bond acceptors (Lipinski definition) is 6. The van der Waals surface area contributed by atoms with Crippen molar-refractivity contribution in [2.24, 2.45) is 4.99 Å². The number of thioether (sulfide) groups is 2. The number of halogens is 1. The van der Waals surface area contributed by atoms with Crippen LogP contribution in [0.1, 0.15) is 5.56 Å². The molecule has 116 valence electrons. The van der Waals surface area contributed by atoms with Crippen molar-refractivity contribution in [1.82, 2.24) is 0 Å². The number of rotatable bonds is 5. The Hall–Kier alpha value is -0.930. The van der Waals surface area contributed by atoms with E-state index in [1.165, 1.54) is 11.8 Å². The van der Waals surface area contributed by atoms with E-state index in [2.05, 4.69) is 34.2 Å². The van der Waals surface area contributed by atoms with Crippen LogP contribution in [0, 0.1) is 3.57 Å². The Morgan fingerprint density at radius 2 is 2.18 bits per heavy atom. The molecule has 0 aliphatic carbocycles. The molecule has 0 atom stereocenters. The van der Waals surface area contributed by atoms with Crippen LogP contribution in [0.5, 0.6) is 11.5 Å². The van der Waals surface area contributed by atoms with Gasteiger partial charge >= 0.3 is 0 Å². The van der Waals surface area contributed by atoms with Gasteiger partial charge in [-0.25, -0.2) is 4.99 Å². The van der Waals surface area contributed by atoms with Crippen LogP contribution in [-0.2, 0) is 4.79 Å². The maximum atomic E-state index is 12.0. The summed E-state index contributed by atoms with van der Waals surface area (Å²) < 4.78 is 12.3. The lowest BCUT2D eigenvalue weighted by atomic mass is 10.1. The molecule has 1 aliphatic rings. The molecule has 1 heterocycles. The molecule has 0 saturated carbocycles. The fraction of sp³-hybridized carbons (Fsp3) is 0.200. The largest absolute Gasteiger partial charge is 0.493 e. The smallest absolute Gasteiger partial charge is 0.244 e. The molecule has 0 unspecified atom stereocenters. The molecule has 22 heavy (non-hydrogen) atoms. The van der Waals surface area contributed by atoms with Gasteiger partial charge in [-0.05, 0) is 58.1 Å². The summed E-state index contributed by atoms with van der Waals surface area (Å²) in [4.78, 5) is 16.4. The lowest BCUT2D eigenvalue weighted by molar-refractivity contribution is -0.107. The second-order valence-electron chi connectivity index (χ2n) is 4.13. The van der Waals surface area contributed by atoms with Gasteiger partial charge in [0.15, 0.2) is 11.5 Å². The summed E-state index contributed by atoms with van der Waals surface area (Å²) in [6, 6.07) is 3.76. The molecule has 0 radical (unpaired) electrons. The predicted molar refractivity (Wildman–Crippen MR) is 103 cm³/mol. The maximum Gasteiger partial charge on any atom is 0.244 e. The van der Waals surface area contributed by atoms with Gasteiger partial charge in [0.2, 0.25) is 5.12 Å². The highest BCUT2D eigenvalue weighted by Crippen LogP contribution is 2.36. The van der Waals surface area contributed by atoms with Gasteiger partial charge in [-0.15, -0.1) is 6.58 Å². The van der Waals surface area contributed by atoms with Crippen LogP contribution in [0.3, 0.4) is 0 Å². The van der Waals surface area contributed by atoms with E-state index < -0.39 is 0 Å². The zero-order chi connectivity index (χ0) is 16.1. The highest BCUT2D eigenvalue weighted by Gasteiger charge is 2.22. The lowest BCUT2D eigenvalue weighted by Crippen LogP contribution is -1.95. The molecule has 1 aromatic rings. The normalized spacial score (nSPS) is 15.9. The Kier molecular flexibility index (Phi) is 6.39. The van der Waals surface area contributed by atoms with Crippen LogP contribution in [-0.4, -0.2) is 29.5 Å². The number of aliphatic imine (C=N–C) groups is 1. The van der Waals surface area contributed by atoms with E-state index in [-0.39, 0.29) is 5.12 Å². The Balaban J connectivity index is 2.32. The molecule has 0 N–H and O–H groups in total. The first-order chi connectivity index (χ1) is 10.6. The molecule has 4 nitrogen and oxygen atoms in total. The average Bonchev–Trinajstić information content (AvgIpc) is 2.84. The van der Waals surface area contributed by atoms with Gasteiger partial charge < -0.3 is 9.47 Å². The van der Waals surface area contributed by atoms with E-state index in [1.54, 1.807) is 26.4 Å². The van der Waals surface area contributed by atoms with Crippen molar-refractivity contribution in [1.29, 1.82) is 0 Å². The third kappa shape index (κ3) is 4.08. The topological polar surface area (TPSA) is 47.9 Å². The number of ether oxygens (including phenoxy) is 2. The van der Waals surface area contributed by atoms with Gasteiger partial charge in [-0.1, -0.05) is 17.8 Å². The first-order valence-corrected chi connectivity index (χ1v) is 9.15. The van der Waals surface area contributed by atoms with Crippen molar-refractivity contribution in [3.05, 3.63) is 39.6 Å². The molecular weight excluding hydrogens is 433 g/mol. The molecule has 0 saturated heterocycles. The van der Waals surface area contributed by atoms with Gasteiger partial charge in [0, 0.05) is 5.75 Å². The van der Waals surface area contributed by atoms with Crippen LogP contribution in [0.15, 0.2) is 35.5 Å². The van der Waals surface area contributed by atoms with Gasteiger partial charge in [0.25, 0.3) is 0 Å². The third-order valence-electron chi connectivity index (χ3n) is 2.68. The second kappa shape index (κ2) is 8.07. The van der Waals surface area contributed by atoms with E-state index in [1.807, 2.05) is 12.1 Å². The minimum atomic E-state index is -0.0450. The van der Waals surface area contributed by atoms with Crippen LogP contribution < -0.4 is 9.47 Å². The summed E-state index contributed by atoms with van der Waals surface area (Å²) in [5.74, 6) is 2.05. The van der Waals surface area contributed by atoms with Gasteiger partial charge in [-0.3, -0.25) is 4.79 Å². The number of methoxy groups -OCH3 is 2. The summed E-state index contributed by atoms with van der Waals surface area (Å²) in [5.41, 5.74) is 1.30. The molecule has 7 heteroatoms. The Bertz CT molecular complexity index is 671. The molecule has 0 spiro atoms. The highest BCUT2D eigenvalue weighted by molar-refractivity contribution is 14.1. The van der Waals surface area contributed by atoms with E-state index in [4.69, 9.17) is 9.47 Å². The van der Waals surface area contributed by atoms with Crippen molar-refractivity contribution in [3.63, 3.8) is 0 Å². The zero-order valence-electron chi connectivity index (χ0n) is 12.1. The second-order valence-corrected chi connectivity index (χ2v) is 7.53. The van der Waals surface area contributed by atoms with Gasteiger partial charge in [0.05, 0.1) is 17.8 Å². The Labute approximate surface area is 151 Å². The zero-order valence-corrected chi connectivity index (χ0v) is 15.9. The minimum Gasteiger partial charge on any atom is -0.493 e.